The first-order valence-electron chi connectivity index (χ1n) is 11.0. The molecule has 0 unspecified atom stereocenters. The van der Waals surface area contributed by atoms with Gasteiger partial charge in [0.2, 0.25) is 15.9 Å². The highest BCUT2D eigenvalue weighted by Gasteiger charge is 2.34. The highest BCUT2D eigenvalue weighted by Crippen LogP contribution is 2.28. The normalized spacial score (nSPS) is 16.2. The molecule has 0 spiro atoms. The number of nitrogens with one attached hydrogen (secondary N) is 1. The van der Waals surface area contributed by atoms with Crippen LogP contribution in [0.3, 0.4) is 0 Å². The monoisotopic (exact) mass is 462 g/mol. The van der Waals surface area contributed by atoms with E-state index in [1.165, 1.54) is 22.0 Å². The van der Waals surface area contributed by atoms with Crippen LogP contribution in [0, 0.1) is 0 Å². The van der Waals surface area contributed by atoms with E-state index in [4.69, 9.17) is 11.6 Å². The van der Waals surface area contributed by atoms with Crippen molar-refractivity contribution >= 4 is 27.5 Å². The molecule has 0 bridgehead atoms. The van der Waals surface area contributed by atoms with Crippen LogP contribution in [-0.4, -0.2) is 37.3 Å². The Kier molecular flexibility index (Phi) is 8.52. The molecule has 0 aromatic heterocycles. The van der Waals surface area contributed by atoms with Crippen molar-refractivity contribution in [3.63, 3.8) is 0 Å². The molecule has 31 heavy (non-hydrogen) atoms. The van der Waals surface area contributed by atoms with E-state index in [0.717, 1.165) is 44.9 Å². The van der Waals surface area contributed by atoms with Gasteiger partial charge in [-0.2, -0.15) is 4.31 Å². The lowest BCUT2D eigenvalue weighted by molar-refractivity contribution is -0.122. The van der Waals surface area contributed by atoms with Gasteiger partial charge < -0.3 is 5.32 Å². The van der Waals surface area contributed by atoms with Gasteiger partial charge in [-0.3, -0.25) is 4.79 Å². The van der Waals surface area contributed by atoms with Crippen molar-refractivity contribution in [3.8, 4) is 0 Å². The van der Waals surface area contributed by atoms with Crippen LogP contribution in [0.1, 0.15) is 51.0 Å². The number of hydrogen-bond acceptors (Lipinski definition) is 3. The van der Waals surface area contributed by atoms with Gasteiger partial charge in [0.1, 0.15) is 0 Å². The summed E-state index contributed by atoms with van der Waals surface area (Å²) in [5, 5.41) is 3.47. The second kappa shape index (κ2) is 11.1. The van der Waals surface area contributed by atoms with E-state index in [-0.39, 0.29) is 29.4 Å². The molecule has 1 amide bonds. The van der Waals surface area contributed by atoms with Crippen molar-refractivity contribution in [1.82, 2.24) is 9.62 Å². The molecular weight excluding hydrogens is 432 g/mol. The van der Waals surface area contributed by atoms with Gasteiger partial charge in [-0.25, -0.2) is 8.42 Å². The molecule has 2 aromatic carbocycles. The molecule has 0 heterocycles. The van der Waals surface area contributed by atoms with Crippen molar-refractivity contribution < 1.29 is 13.2 Å². The van der Waals surface area contributed by atoms with E-state index >= 15 is 0 Å². The predicted molar refractivity (Wildman–Crippen MR) is 125 cm³/mol. The Bertz CT molecular complexity index is 943. The summed E-state index contributed by atoms with van der Waals surface area (Å²) in [4.78, 5) is 13.0. The van der Waals surface area contributed by atoms with Crippen LogP contribution < -0.4 is 5.32 Å². The molecule has 1 aliphatic rings. The van der Waals surface area contributed by atoms with E-state index in [1.807, 2.05) is 25.1 Å². The summed E-state index contributed by atoms with van der Waals surface area (Å²) in [5.41, 5.74) is 1.22. The number of rotatable bonds is 9. The molecule has 1 atom stereocenters. The summed E-state index contributed by atoms with van der Waals surface area (Å²) in [6.45, 7) is 1.80. The lowest BCUT2D eigenvalue weighted by Gasteiger charge is -2.33. The third-order valence-corrected chi connectivity index (χ3v) is 7.98. The summed E-state index contributed by atoms with van der Waals surface area (Å²) in [6, 6.07) is 16.1. The van der Waals surface area contributed by atoms with E-state index < -0.39 is 10.0 Å². The molecule has 1 fully saturated rings. The molecule has 1 N–H and O–H groups in total. The number of hydrogen-bond donors (Lipinski definition) is 1. The number of sulfonamides is 1. The maximum absolute atomic E-state index is 13.4. The third kappa shape index (κ3) is 6.79. The summed E-state index contributed by atoms with van der Waals surface area (Å²) in [5.74, 6) is -0.260. The minimum absolute atomic E-state index is 0.0425. The van der Waals surface area contributed by atoms with E-state index in [2.05, 4.69) is 17.4 Å². The van der Waals surface area contributed by atoms with Crippen LogP contribution >= 0.6 is 11.6 Å². The zero-order valence-corrected chi connectivity index (χ0v) is 19.5. The van der Waals surface area contributed by atoms with Gasteiger partial charge in [0.25, 0.3) is 0 Å². The Morgan fingerprint density at radius 2 is 1.71 bits per heavy atom. The minimum atomic E-state index is -3.79. The zero-order valence-electron chi connectivity index (χ0n) is 18.0. The highest BCUT2D eigenvalue weighted by atomic mass is 35.5. The number of carbonyl (C=O) groups is 1. The topological polar surface area (TPSA) is 66.5 Å². The first-order valence-corrected chi connectivity index (χ1v) is 12.8. The molecule has 1 saturated carbocycles. The fourth-order valence-corrected chi connectivity index (χ4v) is 5.85. The van der Waals surface area contributed by atoms with E-state index in [1.54, 1.807) is 12.1 Å². The van der Waals surface area contributed by atoms with Crippen molar-refractivity contribution in [1.29, 1.82) is 0 Å². The van der Waals surface area contributed by atoms with Crippen molar-refractivity contribution in [2.45, 2.75) is 68.8 Å². The number of aryl methyl sites for hydroxylation is 1. The van der Waals surface area contributed by atoms with Crippen molar-refractivity contribution in [3.05, 3.63) is 65.2 Å². The van der Waals surface area contributed by atoms with Crippen LogP contribution in [0.5, 0.6) is 0 Å². The summed E-state index contributed by atoms with van der Waals surface area (Å²) in [7, 11) is -3.79. The minimum Gasteiger partial charge on any atom is -0.352 e. The number of amides is 1. The van der Waals surface area contributed by atoms with Gasteiger partial charge in [-0.05, 0) is 62.4 Å². The van der Waals surface area contributed by atoms with Gasteiger partial charge >= 0.3 is 0 Å². The van der Waals surface area contributed by atoms with Crippen LogP contribution in [0.2, 0.25) is 5.02 Å². The average molecular weight is 463 g/mol. The highest BCUT2D eigenvalue weighted by molar-refractivity contribution is 7.89. The van der Waals surface area contributed by atoms with Gasteiger partial charge in [-0.1, -0.05) is 61.2 Å². The number of halogens is 1. The fourth-order valence-electron chi connectivity index (χ4n) is 4.08. The zero-order chi connectivity index (χ0) is 22.3. The maximum Gasteiger partial charge on any atom is 0.243 e. The average Bonchev–Trinajstić information content (AvgIpc) is 2.77. The summed E-state index contributed by atoms with van der Waals surface area (Å²) < 4.78 is 28.2. The van der Waals surface area contributed by atoms with Crippen LogP contribution in [-0.2, 0) is 21.2 Å². The second-order valence-corrected chi connectivity index (χ2v) is 10.6. The molecule has 168 valence electrons. The number of carbonyl (C=O) groups excluding carboxylic acids is 1. The predicted octanol–water partition coefficient (Wildman–Crippen LogP) is 4.80. The Morgan fingerprint density at radius 1 is 1.06 bits per heavy atom. The molecular formula is C24H31ClN2O3S. The van der Waals surface area contributed by atoms with Crippen LogP contribution in [0.25, 0.3) is 0 Å². The second-order valence-electron chi connectivity index (χ2n) is 8.29. The van der Waals surface area contributed by atoms with Crippen LogP contribution in [0.15, 0.2) is 59.5 Å². The largest absolute Gasteiger partial charge is 0.352 e. The van der Waals surface area contributed by atoms with Gasteiger partial charge in [0.05, 0.1) is 11.4 Å². The standard InChI is InChI=1S/C24H31ClN2O3S/c1-19(12-13-20-8-4-2-5-9-20)26-24(28)18-27(22-10-6-3-7-11-22)31(29,30)23-16-14-21(25)15-17-23/h2,4-5,8-9,14-17,19,22H,3,6-7,10-13,18H2,1H3,(H,26,28)/t19-/m0/s1. The first kappa shape index (κ1) is 23.8. The van der Waals surface area contributed by atoms with Crippen LogP contribution in [0.4, 0.5) is 0 Å². The van der Waals surface area contributed by atoms with Crippen molar-refractivity contribution in [2.24, 2.45) is 0 Å². The molecule has 1 aliphatic carbocycles. The van der Waals surface area contributed by atoms with Gasteiger partial charge in [0, 0.05) is 17.1 Å². The smallest absolute Gasteiger partial charge is 0.243 e. The lowest BCUT2D eigenvalue weighted by Crippen LogP contribution is -2.48. The Hall–Kier alpha value is -1.89. The molecule has 0 saturated heterocycles. The van der Waals surface area contributed by atoms with Gasteiger partial charge in [0.15, 0.2) is 0 Å². The van der Waals surface area contributed by atoms with E-state index in [9.17, 15) is 13.2 Å². The van der Waals surface area contributed by atoms with Crippen molar-refractivity contribution in [2.75, 3.05) is 6.54 Å². The number of benzene rings is 2. The van der Waals surface area contributed by atoms with E-state index in [0.29, 0.717) is 5.02 Å². The molecule has 7 heteroatoms. The summed E-state index contributed by atoms with van der Waals surface area (Å²) in [6.07, 6.45) is 6.28. The quantitative estimate of drug-likeness (QED) is 0.582. The maximum atomic E-state index is 13.4. The molecule has 0 radical (unpaired) electrons. The Balaban J connectivity index is 1.67. The SMILES string of the molecule is C[C@@H](CCc1ccccc1)NC(=O)CN(C1CCCCC1)S(=O)(=O)c1ccc(Cl)cc1. The third-order valence-electron chi connectivity index (χ3n) is 5.82. The molecule has 5 nitrogen and oxygen atoms in total. The first-order chi connectivity index (χ1) is 14.9. The number of nitrogens with zero attached hydrogens (tertiary/aromatic N) is 1. The Morgan fingerprint density at radius 3 is 2.35 bits per heavy atom. The Labute approximate surface area is 190 Å². The molecule has 3 rings (SSSR count). The molecule has 0 aliphatic heterocycles. The molecule has 2 aromatic rings. The fraction of sp³-hybridized carbons (Fsp3) is 0.458. The summed E-state index contributed by atoms with van der Waals surface area (Å²) >= 11 is 5.93. The van der Waals surface area contributed by atoms with Gasteiger partial charge in [-0.15, -0.1) is 0 Å². The lowest BCUT2D eigenvalue weighted by atomic mass is 9.95.